The van der Waals surface area contributed by atoms with Crippen molar-refractivity contribution in [3.05, 3.63) is 33.4 Å². The third kappa shape index (κ3) is 19.2. The van der Waals surface area contributed by atoms with Gasteiger partial charge in [0.15, 0.2) is 103 Å². The Morgan fingerprint density at radius 3 is 0.489 bits per heavy atom. The minimum absolute atomic E-state index is 0.0252. The highest BCUT2D eigenvalue weighted by molar-refractivity contribution is 8.23. The molecular weight excluding hydrogens is 2090 g/mol. The van der Waals surface area contributed by atoms with Gasteiger partial charge in [0, 0.05) is 171 Å². The van der Waals surface area contributed by atoms with Crippen LogP contribution in [-0.2, 0) is 73.1 Å². The summed E-state index contributed by atoms with van der Waals surface area (Å²) < 4.78 is 168. The lowest BCUT2D eigenvalue weighted by atomic mass is 9.72. The lowest BCUT2D eigenvalue weighted by molar-refractivity contribution is -0.140. The van der Waals surface area contributed by atoms with Gasteiger partial charge in [0.05, 0.1) is 113 Å². The SMILES string of the molecule is CCOC(=O)CSc1c2c(c(C(OC(c3c4c(c(SCC(=O)OCC)c5c3OC(C)(C)O5)OC(C)(C)O4)(c3c4c(c(SCC(=O)OCC)c5c3OC(C)(C)O5)OC(C)(C)O4)c3c4c(c(SCC(=O)OCC)c5c3SC(C)(C)S5)SC(C)(C)S4)(c3c4c(c(SCC(=O)OCC)c5c3OC(C)(C)O5)OC(C)(C)O4)c3c4c(c(SCC(=O)OCC)c5c3SC(C)(C)S5)SC(C)(C)S4)c3c1OC(C)(C)O3)OC(C)(C)O2. The van der Waals surface area contributed by atoms with Crippen LogP contribution in [0.5, 0.6) is 92.0 Å². The molecule has 29 nitrogen and oxygen atoms in total. The zero-order valence-corrected chi connectivity index (χ0v) is 95.5. The Kier molecular flexibility index (Phi) is 27.4. The third-order valence-corrected chi connectivity index (χ3v) is 40.5. The maximum absolute atomic E-state index is 14.6. The van der Waals surface area contributed by atoms with E-state index in [1.807, 2.05) is 0 Å². The molecule has 12 aliphatic heterocycles. The van der Waals surface area contributed by atoms with E-state index in [9.17, 15) is 33.5 Å². The van der Waals surface area contributed by atoms with Crippen molar-refractivity contribution in [2.75, 3.05) is 74.2 Å². The first-order valence-corrected chi connectivity index (χ1v) is 58.7. The van der Waals surface area contributed by atoms with Crippen molar-refractivity contribution in [3.63, 3.8) is 0 Å². The number of esters is 6. The molecule has 764 valence electrons. The summed E-state index contributed by atoms with van der Waals surface area (Å²) in [7, 11) is 0. The van der Waals surface area contributed by atoms with Crippen molar-refractivity contribution in [1.29, 1.82) is 0 Å². The highest BCUT2D eigenvalue weighted by Gasteiger charge is 2.71. The second-order valence-electron chi connectivity index (χ2n) is 39.4. The standard InChI is InChI=1S/C98H114O29S14/c1-31-105-43(99)37-128-75-63-55(111-85(7,8)119-63)49(56-64(75)120-86(9,10)112-56)97(50-57-65(121-87(11,12)113-57)76(129-38-44(100)106-32-2)66-58(50)114-88(13,14)122-66,53-71-81(138-93(23,24)134-71)79(132-41-47(103)109-35-5)82-72(53)135-94(25,26)139-82)127-98(51-59-67(123-89(15,16)115-59)77(130-39-45(101)107-33-3)68-60(51)116-90(17,18)124-68,52-61-69(125-91(19,20)117-61)78(131-40-46(102)108-34-4)70-62(52)118-92(21,22)126-70)54-73-83(140-95(27,28)136-73)80(133-42-48(104)110-36-6)84-74(54)137-96(29,30)141-84/h31-42H2,1-30H3. The number of carbonyl (C=O) groups excluding carboxylic acids is 6. The smallest absolute Gasteiger partial charge is 0.316 e. The molecule has 0 spiro atoms. The minimum Gasteiger partial charge on any atom is -0.465 e. The first-order chi connectivity index (χ1) is 65.8. The molecule has 141 heavy (non-hydrogen) atoms. The van der Waals surface area contributed by atoms with Gasteiger partial charge in [0.1, 0.15) is 19.6 Å². The van der Waals surface area contributed by atoms with Crippen LogP contribution in [0.25, 0.3) is 0 Å². The molecule has 6 aromatic carbocycles. The number of rotatable bonds is 32. The molecule has 18 rings (SSSR count). The molecule has 6 aromatic rings. The Hall–Kier alpha value is -6.20. The first-order valence-electron chi connectivity index (χ1n) is 46.2. The normalized spacial score (nSPS) is 20.1. The van der Waals surface area contributed by atoms with Gasteiger partial charge in [-0.3, -0.25) is 28.8 Å². The number of hydrogen-bond donors (Lipinski definition) is 0. The monoisotopic (exact) mass is 2200 g/mol. The van der Waals surface area contributed by atoms with Gasteiger partial charge in [-0.15, -0.1) is 165 Å². The fourth-order valence-corrected chi connectivity index (χ4v) is 36.4. The Morgan fingerprint density at radius 1 is 0.206 bits per heavy atom. The molecule has 0 radical (unpaired) electrons. The van der Waals surface area contributed by atoms with E-state index in [1.165, 1.54) is 70.6 Å². The third-order valence-electron chi connectivity index (χ3n) is 22.3. The summed E-state index contributed by atoms with van der Waals surface area (Å²) >= 11 is 19.3. The van der Waals surface area contributed by atoms with E-state index in [0.29, 0.717) is 50.3 Å². The quantitative estimate of drug-likeness (QED) is 0.0164. The molecular formula is C98H114O29S14. The van der Waals surface area contributed by atoms with E-state index in [0.717, 1.165) is 56.8 Å². The van der Waals surface area contributed by atoms with Crippen LogP contribution in [-0.4, -0.2) is 173 Å². The predicted molar refractivity (Wildman–Crippen MR) is 549 cm³/mol. The fraction of sp³-hybridized carbons (Fsp3) is 0.571. The summed E-state index contributed by atoms with van der Waals surface area (Å²) in [6.45, 7) is 56.1. The molecule has 0 aromatic heterocycles. The Morgan fingerprint density at radius 2 is 0.340 bits per heavy atom. The largest absolute Gasteiger partial charge is 0.465 e. The van der Waals surface area contributed by atoms with Gasteiger partial charge in [0.25, 0.3) is 0 Å². The summed E-state index contributed by atoms with van der Waals surface area (Å²) in [5, 5.41) is 0. The zero-order chi connectivity index (χ0) is 102. The summed E-state index contributed by atoms with van der Waals surface area (Å²) in [6.07, 6.45) is 0. The summed E-state index contributed by atoms with van der Waals surface area (Å²) in [5.74, 6) is -18.8. The van der Waals surface area contributed by atoms with E-state index in [-0.39, 0.29) is 208 Å². The van der Waals surface area contributed by atoms with Gasteiger partial charge >= 0.3 is 35.8 Å². The van der Waals surface area contributed by atoms with Crippen LogP contribution in [0.15, 0.2) is 68.5 Å². The van der Waals surface area contributed by atoms with Crippen LogP contribution >= 0.6 is 165 Å². The van der Waals surface area contributed by atoms with Crippen molar-refractivity contribution < 1.29 is 138 Å². The van der Waals surface area contributed by atoms with E-state index in [4.69, 9.17) is 104 Å². The highest BCUT2D eigenvalue weighted by Crippen LogP contribution is 2.82. The molecule has 0 atom stereocenters. The van der Waals surface area contributed by atoms with Gasteiger partial charge in [-0.25, -0.2) is 0 Å². The van der Waals surface area contributed by atoms with Gasteiger partial charge in [-0.1, -0.05) is 0 Å². The molecule has 0 saturated heterocycles. The van der Waals surface area contributed by atoms with E-state index in [2.05, 4.69) is 55.4 Å². The van der Waals surface area contributed by atoms with Crippen LogP contribution in [0, 0.1) is 0 Å². The Balaban J connectivity index is 1.22. The number of ether oxygens (including phenoxy) is 23. The van der Waals surface area contributed by atoms with Crippen LogP contribution in [0.2, 0.25) is 0 Å². The van der Waals surface area contributed by atoms with Crippen LogP contribution in [0.3, 0.4) is 0 Å². The highest BCUT2D eigenvalue weighted by atomic mass is 32.2. The van der Waals surface area contributed by atoms with Crippen LogP contribution in [0.4, 0.5) is 0 Å². The van der Waals surface area contributed by atoms with E-state index >= 15 is 0 Å². The molecule has 0 amide bonds. The molecule has 0 saturated carbocycles. The van der Waals surface area contributed by atoms with Gasteiger partial charge in [-0.2, -0.15) is 0 Å². The van der Waals surface area contributed by atoms with Gasteiger partial charge in [-0.05, 0) is 96.9 Å². The minimum atomic E-state index is -2.98. The van der Waals surface area contributed by atoms with Crippen molar-refractivity contribution in [2.24, 2.45) is 0 Å². The zero-order valence-electron chi connectivity index (χ0n) is 84.0. The molecule has 0 fully saturated rings. The molecule has 0 N–H and O–H groups in total. The van der Waals surface area contributed by atoms with E-state index < -0.39 is 110 Å². The Bertz CT molecular complexity index is 5070. The molecule has 43 heteroatoms. The molecule has 0 bridgehead atoms. The molecule has 0 unspecified atom stereocenters. The predicted octanol–water partition coefficient (Wildman–Crippen LogP) is 24.7. The maximum Gasteiger partial charge on any atom is 0.316 e. The van der Waals surface area contributed by atoms with Gasteiger partial charge < -0.3 is 109 Å². The average molecular weight is 2200 g/mol. The second kappa shape index (κ2) is 36.9. The fourth-order valence-electron chi connectivity index (χ4n) is 18.3. The summed E-state index contributed by atoms with van der Waals surface area (Å²) in [5.41, 5.74) is -5.40. The lowest BCUT2D eigenvalue weighted by Crippen LogP contribution is -2.47. The van der Waals surface area contributed by atoms with Gasteiger partial charge in [0.2, 0.25) is 46.3 Å². The number of benzene rings is 6. The van der Waals surface area contributed by atoms with Crippen LogP contribution < -0.4 is 75.8 Å². The number of carbonyl (C=O) groups is 6. The number of thioether (sulfide) groups is 14. The topological polar surface area (TPSA) is 315 Å². The summed E-state index contributed by atoms with van der Waals surface area (Å²) in [6, 6.07) is 0. The number of hydrogen-bond acceptors (Lipinski definition) is 43. The average Bonchev–Trinajstić information content (AvgIpc) is 1.53. The summed E-state index contributed by atoms with van der Waals surface area (Å²) in [4.78, 5) is 94.9. The van der Waals surface area contributed by atoms with Crippen molar-refractivity contribution in [2.45, 2.75) is 350 Å². The number of fused-ring (bicyclic) bond motifs is 12. The Labute approximate surface area is 880 Å². The second-order valence-corrected chi connectivity index (χ2v) is 59.4. The van der Waals surface area contributed by atoms with Crippen molar-refractivity contribution >= 4 is 200 Å². The van der Waals surface area contributed by atoms with Crippen molar-refractivity contribution in [1.82, 2.24) is 0 Å². The molecule has 12 heterocycles. The van der Waals surface area contributed by atoms with Crippen molar-refractivity contribution in [3.8, 4) is 92.0 Å². The lowest BCUT2D eigenvalue weighted by Gasteiger charge is -2.49. The van der Waals surface area contributed by atoms with E-state index in [1.54, 1.807) is 199 Å². The molecule has 0 aliphatic carbocycles. The maximum atomic E-state index is 14.6. The molecule has 12 aliphatic rings. The first kappa shape index (κ1) is 105. The van der Waals surface area contributed by atoms with Crippen LogP contribution in [0.1, 0.15) is 241 Å².